The fraction of sp³-hybridized carbons (Fsp3) is 0.0500. The van der Waals surface area contributed by atoms with Gasteiger partial charge in [-0.3, -0.25) is 14.5 Å². The summed E-state index contributed by atoms with van der Waals surface area (Å²) in [5, 5.41) is 12.8. The van der Waals surface area contributed by atoms with Gasteiger partial charge in [0.05, 0.1) is 11.6 Å². The molecule has 1 unspecified atom stereocenters. The van der Waals surface area contributed by atoms with Crippen LogP contribution in [0.3, 0.4) is 0 Å². The summed E-state index contributed by atoms with van der Waals surface area (Å²) >= 11 is 1.20. The number of anilines is 1. The van der Waals surface area contributed by atoms with Crippen LogP contribution in [0.4, 0.5) is 9.52 Å². The number of nitrogens with zero attached hydrogens (tertiary/aromatic N) is 2. The van der Waals surface area contributed by atoms with Gasteiger partial charge >= 0.3 is 5.91 Å². The van der Waals surface area contributed by atoms with Crippen molar-refractivity contribution in [3.05, 3.63) is 88.7 Å². The Kier molecular flexibility index (Phi) is 4.29. The van der Waals surface area contributed by atoms with Gasteiger partial charge in [-0.05, 0) is 17.7 Å². The fourth-order valence-electron chi connectivity index (χ4n) is 3.08. The Hall–Kier alpha value is -3.32. The van der Waals surface area contributed by atoms with Crippen LogP contribution in [0.25, 0.3) is 5.76 Å². The first-order chi connectivity index (χ1) is 13.1. The number of thiazole rings is 1. The molecule has 5 nitrogen and oxygen atoms in total. The lowest BCUT2D eigenvalue weighted by molar-refractivity contribution is -0.132. The molecule has 1 fully saturated rings. The Bertz CT molecular complexity index is 1030. The topological polar surface area (TPSA) is 70.5 Å². The van der Waals surface area contributed by atoms with E-state index in [9.17, 15) is 19.1 Å². The lowest BCUT2D eigenvalue weighted by Crippen LogP contribution is -2.29. The molecule has 4 rings (SSSR count). The van der Waals surface area contributed by atoms with Crippen molar-refractivity contribution in [3.8, 4) is 0 Å². The molecule has 3 aromatic rings. The van der Waals surface area contributed by atoms with E-state index in [0.717, 1.165) is 0 Å². The third kappa shape index (κ3) is 2.92. The Morgan fingerprint density at radius 2 is 1.78 bits per heavy atom. The first-order valence-corrected chi connectivity index (χ1v) is 8.97. The van der Waals surface area contributed by atoms with Crippen LogP contribution in [0.5, 0.6) is 0 Å². The van der Waals surface area contributed by atoms with Crippen LogP contribution in [0, 0.1) is 5.82 Å². The summed E-state index contributed by atoms with van der Waals surface area (Å²) in [6, 6.07) is 13.1. The molecule has 0 bridgehead atoms. The summed E-state index contributed by atoms with van der Waals surface area (Å²) in [7, 11) is 0. The summed E-state index contributed by atoms with van der Waals surface area (Å²) in [5.74, 6) is -2.30. The van der Waals surface area contributed by atoms with Gasteiger partial charge in [0.15, 0.2) is 5.13 Å². The Labute approximate surface area is 158 Å². The van der Waals surface area contributed by atoms with Gasteiger partial charge in [-0.15, -0.1) is 11.3 Å². The molecule has 0 radical (unpaired) electrons. The minimum absolute atomic E-state index is 0.0481. The predicted octanol–water partition coefficient (Wildman–Crippen LogP) is 3.91. The highest BCUT2D eigenvalue weighted by Crippen LogP contribution is 2.42. The fourth-order valence-corrected chi connectivity index (χ4v) is 3.74. The molecule has 1 aliphatic rings. The molecular weight excluding hydrogens is 367 g/mol. The number of aromatic nitrogens is 1. The van der Waals surface area contributed by atoms with E-state index < -0.39 is 23.5 Å². The summed E-state index contributed by atoms with van der Waals surface area (Å²) in [6.07, 6.45) is 1.53. The van der Waals surface area contributed by atoms with Crippen LogP contribution in [0.1, 0.15) is 17.2 Å². The highest BCUT2D eigenvalue weighted by Gasteiger charge is 2.47. The SMILES string of the molecule is O=C1C(=O)N(c2nccs2)C(c2ccc(F)cc2)/C1=C(\O)c1ccccc1. The zero-order valence-electron chi connectivity index (χ0n) is 13.9. The van der Waals surface area contributed by atoms with Gasteiger partial charge in [-0.1, -0.05) is 42.5 Å². The largest absolute Gasteiger partial charge is 0.507 e. The molecule has 1 atom stereocenters. The second-order valence-electron chi connectivity index (χ2n) is 5.90. The van der Waals surface area contributed by atoms with Gasteiger partial charge in [0.1, 0.15) is 11.6 Å². The molecule has 0 spiro atoms. The van der Waals surface area contributed by atoms with Crippen molar-refractivity contribution in [2.24, 2.45) is 0 Å². The Morgan fingerprint density at radius 1 is 1.07 bits per heavy atom. The number of aliphatic hydroxyl groups excluding tert-OH is 1. The van der Waals surface area contributed by atoms with Crippen molar-refractivity contribution in [3.63, 3.8) is 0 Å². The number of halogens is 1. The number of aliphatic hydroxyl groups is 1. The van der Waals surface area contributed by atoms with E-state index >= 15 is 0 Å². The summed E-state index contributed by atoms with van der Waals surface area (Å²) in [4.78, 5) is 30.9. The lowest BCUT2D eigenvalue weighted by Gasteiger charge is -2.22. The Balaban J connectivity index is 1.94. The van der Waals surface area contributed by atoms with Crippen molar-refractivity contribution >= 4 is 33.9 Å². The molecule has 0 saturated carbocycles. The molecule has 27 heavy (non-hydrogen) atoms. The van der Waals surface area contributed by atoms with Crippen molar-refractivity contribution < 1.29 is 19.1 Å². The zero-order chi connectivity index (χ0) is 19.0. The quantitative estimate of drug-likeness (QED) is 0.425. The second kappa shape index (κ2) is 6.77. The number of hydrogen-bond acceptors (Lipinski definition) is 5. The summed E-state index contributed by atoms with van der Waals surface area (Å²) in [5.41, 5.74) is 0.873. The highest BCUT2D eigenvalue weighted by atomic mass is 32.1. The average Bonchev–Trinajstić information content (AvgIpc) is 3.30. The van der Waals surface area contributed by atoms with E-state index in [-0.39, 0.29) is 11.3 Å². The van der Waals surface area contributed by atoms with Crippen LogP contribution < -0.4 is 4.90 Å². The standard InChI is InChI=1S/C20H13FN2O3S/c21-14-8-6-12(7-9-14)16-15(17(24)13-4-2-1-3-5-13)18(25)19(26)23(16)20-22-10-11-27-20/h1-11,16,24H/b17-15+. The minimum Gasteiger partial charge on any atom is -0.507 e. The molecule has 134 valence electrons. The number of Topliss-reactive ketones (excluding diaryl/α,β-unsaturated/α-hetero) is 1. The molecule has 1 aromatic heterocycles. The van der Waals surface area contributed by atoms with Gasteiger partial charge in [-0.2, -0.15) is 0 Å². The van der Waals surface area contributed by atoms with E-state index in [0.29, 0.717) is 16.3 Å². The average molecular weight is 380 g/mol. The monoisotopic (exact) mass is 380 g/mol. The third-order valence-corrected chi connectivity index (χ3v) is 5.07. The van der Waals surface area contributed by atoms with E-state index in [1.807, 2.05) is 0 Å². The summed E-state index contributed by atoms with van der Waals surface area (Å²) in [6.45, 7) is 0. The summed E-state index contributed by atoms with van der Waals surface area (Å²) < 4.78 is 13.4. The van der Waals surface area contributed by atoms with Gasteiger partial charge in [-0.25, -0.2) is 9.37 Å². The van der Waals surface area contributed by atoms with Crippen LogP contribution in [-0.4, -0.2) is 21.8 Å². The number of amides is 1. The smallest absolute Gasteiger partial charge is 0.301 e. The maximum Gasteiger partial charge on any atom is 0.301 e. The van der Waals surface area contributed by atoms with Gasteiger partial charge < -0.3 is 5.11 Å². The third-order valence-electron chi connectivity index (χ3n) is 4.30. The van der Waals surface area contributed by atoms with Crippen molar-refractivity contribution in [1.29, 1.82) is 0 Å². The number of hydrogen-bond donors (Lipinski definition) is 1. The molecule has 2 aromatic carbocycles. The first kappa shape index (κ1) is 17.1. The Morgan fingerprint density at radius 3 is 2.41 bits per heavy atom. The van der Waals surface area contributed by atoms with Crippen molar-refractivity contribution in [2.45, 2.75) is 6.04 Å². The van der Waals surface area contributed by atoms with Crippen LogP contribution in [0.2, 0.25) is 0 Å². The number of carbonyl (C=O) groups excluding carboxylic acids is 2. The molecule has 1 amide bonds. The molecule has 2 heterocycles. The van der Waals surface area contributed by atoms with Crippen molar-refractivity contribution in [2.75, 3.05) is 4.90 Å². The van der Waals surface area contributed by atoms with E-state index in [4.69, 9.17) is 0 Å². The van der Waals surface area contributed by atoms with Crippen LogP contribution in [-0.2, 0) is 9.59 Å². The minimum atomic E-state index is -0.892. The normalized spacial score (nSPS) is 18.9. The second-order valence-corrected chi connectivity index (χ2v) is 6.77. The van der Waals surface area contributed by atoms with E-state index in [1.165, 1.54) is 46.7 Å². The zero-order valence-corrected chi connectivity index (χ0v) is 14.7. The predicted molar refractivity (Wildman–Crippen MR) is 99.7 cm³/mol. The molecule has 1 saturated heterocycles. The van der Waals surface area contributed by atoms with E-state index in [2.05, 4.69) is 4.98 Å². The van der Waals surface area contributed by atoms with Gasteiger partial charge in [0.2, 0.25) is 0 Å². The maximum absolute atomic E-state index is 13.4. The highest BCUT2D eigenvalue weighted by molar-refractivity contribution is 7.14. The molecule has 7 heteroatoms. The number of rotatable bonds is 3. The molecule has 1 N–H and O–H groups in total. The molecule has 0 aliphatic carbocycles. The number of ketones is 1. The van der Waals surface area contributed by atoms with Gasteiger partial charge in [0, 0.05) is 17.1 Å². The maximum atomic E-state index is 13.4. The molecule has 1 aliphatic heterocycles. The van der Waals surface area contributed by atoms with E-state index in [1.54, 1.807) is 35.7 Å². The number of benzene rings is 2. The first-order valence-electron chi connectivity index (χ1n) is 8.09. The van der Waals surface area contributed by atoms with Gasteiger partial charge in [0.25, 0.3) is 5.78 Å². The number of carbonyl (C=O) groups is 2. The van der Waals surface area contributed by atoms with Crippen molar-refractivity contribution in [1.82, 2.24) is 4.98 Å². The lowest BCUT2D eigenvalue weighted by atomic mass is 9.95. The van der Waals surface area contributed by atoms with Crippen LogP contribution >= 0.6 is 11.3 Å². The van der Waals surface area contributed by atoms with Crippen LogP contribution in [0.15, 0.2) is 71.7 Å². The molecular formula is C20H13FN2O3S.